The van der Waals surface area contributed by atoms with E-state index < -0.39 is 5.25 Å². The molecule has 1 saturated carbocycles. The number of carbonyl (C=O) groups is 2. The number of rotatable bonds is 4. The van der Waals surface area contributed by atoms with E-state index in [1.807, 2.05) is 25.1 Å². The molecule has 0 saturated heterocycles. The molecule has 9 heteroatoms. The monoisotopic (exact) mass is 344 g/mol. The summed E-state index contributed by atoms with van der Waals surface area (Å²) in [5.41, 5.74) is 1.37. The molecule has 1 aliphatic carbocycles. The van der Waals surface area contributed by atoms with Crippen LogP contribution in [-0.4, -0.2) is 43.8 Å². The fraction of sp³-hybridized carbons (Fsp3) is 0.400. The Hall–Kier alpha value is -2.42. The van der Waals surface area contributed by atoms with Crippen LogP contribution in [0.3, 0.4) is 0 Å². The van der Waals surface area contributed by atoms with E-state index in [0.29, 0.717) is 16.9 Å². The molecule has 1 atom stereocenters. The van der Waals surface area contributed by atoms with E-state index in [1.54, 1.807) is 10.7 Å². The van der Waals surface area contributed by atoms with Crippen molar-refractivity contribution in [1.29, 1.82) is 0 Å². The Kier molecular flexibility index (Phi) is 3.72. The lowest BCUT2D eigenvalue weighted by molar-refractivity contribution is -0.121. The van der Waals surface area contributed by atoms with Crippen molar-refractivity contribution < 1.29 is 9.59 Å². The van der Waals surface area contributed by atoms with Gasteiger partial charge in [0.05, 0.1) is 22.7 Å². The lowest BCUT2D eigenvalue weighted by Gasteiger charge is -2.30. The molecule has 24 heavy (non-hydrogen) atoms. The molecule has 8 nitrogen and oxygen atoms in total. The first-order chi connectivity index (χ1) is 11.6. The van der Waals surface area contributed by atoms with Crippen LogP contribution in [0.5, 0.6) is 0 Å². The largest absolute Gasteiger partial charge is 0.323 e. The predicted molar refractivity (Wildman–Crippen MR) is 88.8 cm³/mol. The van der Waals surface area contributed by atoms with Gasteiger partial charge in [-0.15, -0.1) is 5.10 Å². The molecular formula is C15H16N6O2S. The van der Waals surface area contributed by atoms with E-state index in [-0.39, 0.29) is 18.4 Å². The van der Waals surface area contributed by atoms with Gasteiger partial charge in [-0.3, -0.25) is 14.5 Å². The van der Waals surface area contributed by atoms with E-state index >= 15 is 0 Å². The maximum absolute atomic E-state index is 12.9. The number of thioether (sulfide) groups is 1. The van der Waals surface area contributed by atoms with Crippen LogP contribution in [-0.2, 0) is 9.59 Å². The van der Waals surface area contributed by atoms with Crippen LogP contribution < -0.4 is 10.2 Å². The summed E-state index contributed by atoms with van der Waals surface area (Å²) in [5.74, 6) is -0.324. The zero-order chi connectivity index (χ0) is 16.7. The van der Waals surface area contributed by atoms with Gasteiger partial charge >= 0.3 is 0 Å². The number of benzene rings is 1. The number of aromatic nitrogens is 4. The Morgan fingerprint density at radius 1 is 1.38 bits per heavy atom. The van der Waals surface area contributed by atoms with Crippen molar-refractivity contribution in [3.05, 3.63) is 24.3 Å². The molecule has 0 spiro atoms. The molecule has 2 amide bonds. The highest BCUT2D eigenvalue weighted by Gasteiger charge is 2.33. The van der Waals surface area contributed by atoms with Crippen molar-refractivity contribution in [1.82, 2.24) is 20.2 Å². The van der Waals surface area contributed by atoms with Gasteiger partial charge in [0.1, 0.15) is 6.54 Å². The van der Waals surface area contributed by atoms with Gasteiger partial charge in [0.2, 0.25) is 17.0 Å². The molecule has 124 valence electrons. The van der Waals surface area contributed by atoms with Crippen LogP contribution in [0, 0.1) is 0 Å². The molecule has 2 aromatic rings. The number of amides is 2. The fourth-order valence-electron chi connectivity index (χ4n) is 2.67. The van der Waals surface area contributed by atoms with Crippen molar-refractivity contribution in [2.75, 3.05) is 16.8 Å². The van der Waals surface area contributed by atoms with E-state index in [4.69, 9.17) is 0 Å². The quantitative estimate of drug-likeness (QED) is 0.845. The van der Waals surface area contributed by atoms with Gasteiger partial charge in [0, 0.05) is 0 Å². The van der Waals surface area contributed by atoms with E-state index in [2.05, 4.69) is 20.8 Å². The van der Waals surface area contributed by atoms with Crippen molar-refractivity contribution in [2.45, 2.75) is 36.2 Å². The molecule has 1 aromatic carbocycles. The molecule has 2 heterocycles. The summed E-state index contributed by atoms with van der Waals surface area (Å²) in [6.45, 7) is 1.84. The predicted octanol–water partition coefficient (Wildman–Crippen LogP) is 1.47. The molecule has 1 N–H and O–H groups in total. The summed E-state index contributed by atoms with van der Waals surface area (Å²) >= 11 is 1.33. The Labute approximate surface area is 142 Å². The number of nitrogens with zero attached hydrogens (tertiary/aromatic N) is 5. The molecule has 2 aliphatic rings. The molecule has 1 aliphatic heterocycles. The highest BCUT2D eigenvalue weighted by atomic mass is 32.2. The number of carbonyl (C=O) groups excluding carboxylic acids is 2. The first kappa shape index (κ1) is 15.1. The lowest BCUT2D eigenvalue weighted by atomic mass is 10.2. The third-order valence-corrected chi connectivity index (χ3v) is 5.06. The molecule has 0 unspecified atom stereocenters. The van der Waals surface area contributed by atoms with E-state index in [9.17, 15) is 9.59 Å². The van der Waals surface area contributed by atoms with Crippen LogP contribution in [0.25, 0.3) is 0 Å². The summed E-state index contributed by atoms with van der Waals surface area (Å²) in [6.07, 6.45) is 2.14. The van der Waals surface area contributed by atoms with Gasteiger partial charge in [0.15, 0.2) is 0 Å². The SMILES string of the molecule is C[C@H](Sc1nnnn1C1CC1)C(=O)N1CC(=O)Nc2ccccc21. The first-order valence-corrected chi connectivity index (χ1v) is 8.66. The smallest absolute Gasteiger partial charge is 0.244 e. The van der Waals surface area contributed by atoms with Gasteiger partial charge in [-0.1, -0.05) is 23.9 Å². The standard InChI is InChI=1S/C15H16N6O2S/c1-9(24-15-17-18-19-21(15)10-6-7-10)14(23)20-8-13(22)16-11-4-2-3-5-12(11)20/h2-5,9-10H,6-8H2,1H3,(H,16,22)/t9-/m0/s1. The molecule has 4 rings (SSSR count). The molecule has 1 fully saturated rings. The third kappa shape index (κ3) is 2.75. The summed E-state index contributed by atoms with van der Waals surface area (Å²) in [7, 11) is 0. The Morgan fingerprint density at radius 3 is 2.96 bits per heavy atom. The van der Waals surface area contributed by atoms with Crippen LogP contribution >= 0.6 is 11.8 Å². The lowest BCUT2D eigenvalue weighted by Crippen LogP contribution is -2.45. The second-order valence-corrected chi connectivity index (χ2v) is 7.19. The number of hydrogen-bond acceptors (Lipinski definition) is 6. The topological polar surface area (TPSA) is 93.0 Å². The van der Waals surface area contributed by atoms with E-state index in [0.717, 1.165) is 18.5 Å². The average Bonchev–Trinajstić information content (AvgIpc) is 3.33. The Bertz CT molecular complexity index is 803. The molecular weight excluding hydrogens is 328 g/mol. The minimum atomic E-state index is -0.396. The zero-order valence-electron chi connectivity index (χ0n) is 13.0. The highest BCUT2D eigenvalue weighted by molar-refractivity contribution is 8.00. The maximum Gasteiger partial charge on any atom is 0.244 e. The van der Waals surface area contributed by atoms with Gasteiger partial charge in [-0.25, -0.2) is 4.68 Å². The fourth-order valence-corrected chi connectivity index (χ4v) is 3.59. The van der Waals surface area contributed by atoms with Gasteiger partial charge < -0.3 is 5.32 Å². The summed E-state index contributed by atoms with van der Waals surface area (Å²) in [6, 6.07) is 7.65. The van der Waals surface area contributed by atoms with Crippen LogP contribution in [0.2, 0.25) is 0 Å². The van der Waals surface area contributed by atoms with Crippen LogP contribution in [0.1, 0.15) is 25.8 Å². The minimum Gasteiger partial charge on any atom is -0.323 e. The van der Waals surface area contributed by atoms with Crippen molar-refractivity contribution in [2.24, 2.45) is 0 Å². The molecule has 0 bridgehead atoms. The summed E-state index contributed by atoms with van der Waals surface area (Å²) in [4.78, 5) is 26.3. The second kappa shape index (κ2) is 5.90. The van der Waals surface area contributed by atoms with Crippen molar-refractivity contribution in [3.63, 3.8) is 0 Å². The maximum atomic E-state index is 12.9. The third-order valence-electron chi connectivity index (χ3n) is 4.02. The summed E-state index contributed by atoms with van der Waals surface area (Å²) in [5, 5.41) is 14.8. The van der Waals surface area contributed by atoms with E-state index in [1.165, 1.54) is 16.7 Å². The first-order valence-electron chi connectivity index (χ1n) is 7.78. The van der Waals surface area contributed by atoms with Gasteiger partial charge in [-0.05, 0) is 42.3 Å². The average molecular weight is 344 g/mol. The van der Waals surface area contributed by atoms with Gasteiger partial charge in [-0.2, -0.15) is 0 Å². The number of tetrazole rings is 1. The second-order valence-electron chi connectivity index (χ2n) is 5.89. The molecule has 0 radical (unpaired) electrons. The van der Waals surface area contributed by atoms with Crippen molar-refractivity contribution in [3.8, 4) is 0 Å². The molecule has 1 aromatic heterocycles. The van der Waals surface area contributed by atoms with Gasteiger partial charge in [0.25, 0.3) is 0 Å². The number of hydrogen-bond donors (Lipinski definition) is 1. The number of para-hydroxylation sites is 2. The van der Waals surface area contributed by atoms with Crippen LogP contribution in [0.15, 0.2) is 29.4 Å². The minimum absolute atomic E-state index is 0.0221. The zero-order valence-corrected chi connectivity index (χ0v) is 13.9. The highest BCUT2D eigenvalue weighted by Crippen LogP contribution is 2.38. The van der Waals surface area contributed by atoms with Crippen LogP contribution in [0.4, 0.5) is 11.4 Å². The van der Waals surface area contributed by atoms with Crippen molar-refractivity contribution >= 4 is 35.0 Å². The number of nitrogens with one attached hydrogen (secondary N) is 1. The summed E-state index contributed by atoms with van der Waals surface area (Å²) < 4.78 is 1.78. The number of fused-ring (bicyclic) bond motifs is 1. The number of anilines is 2. The Morgan fingerprint density at radius 2 is 2.17 bits per heavy atom. The normalized spacial score (nSPS) is 18.0. The Balaban J connectivity index is 1.54.